The molecule has 7 nitrogen and oxygen atoms in total. The number of aromatic nitrogens is 4. The molecule has 9 heteroatoms. The Labute approximate surface area is 166 Å². The minimum atomic E-state index is -0.484. The number of aliphatic hydroxyl groups excluding tert-OH is 1. The second kappa shape index (κ2) is 7.81. The zero-order chi connectivity index (χ0) is 19.7. The monoisotopic (exact) mass is 402 g/mol. The SMILES string of the molecule is Cc1nc(Nc2ccc(F)c(Cl)c2)c2nc(NC3CCC(O)CC3)ncc2n1. The smallest absolute Gasteiger partial charge is 0.223 e. The summed E-state index contributed by atoms with van der Waals surface area (Å²) in [5.41, 5.74) is 1.76. The number of hydrogen-bond acceptors (Lipinski definition) is 7. The van der Waals surface area contributed by atoms with Gasteiger partial charge in [0.1, 0.15) is 22.7 Å². The molecule has 1 aliphatic carbocycles. The van der Waals surface area contributed by atoms with Gasteiger partial charge in [0.05, 0.1) is 17.3 Å². The van der Waals surface area contributed by atoms with E-state index in [2.05, 4.69) is 30.6 Å². The van der Waals surface area contributed by atoms with E-state index in [1.54, 1.807) is 19.2 Å². The van der Waals surface area contributed by atoms with Crippen LogP contribution < -0.4 is 10.6 Å². The molecule has 1 fully saturated rings. The molecule has 0 atom stereocenters. The number of nitrogens with zero attached hydrogens (tertiary/aromatic N) is 4. The second-order valence-corrected chi connectivity index (χ2v) is 7.36. The number of nitrogens with one attached hydrogen (secondary N) is 2. The van der Waals surface area contributed by atoms with Crippen LogP contribution in [0.5, 0.6) is 0 Å². The van der Waals surface area contributed by atoms with Gasteiger partial charge in [-0.3, -0.25) is 0 Å². The molecular weight excluding hydrogens is 383 g/mol. The number of rotatable bonds is 4. The number of anilines is 3. The Kier molecular flexibility index (Phi) is 5.23. The van der Waals surface area contributed by atoms with E-state index in [1.807, 2.05) is 0 Å². The summed E-state index contributed by atoms with van der Waals surface area (Å²) < 4.78 is 13.4. The van der Waals surface area contributed by atoms with E-state index in [0.29, 0.717) is 34.3 Å². The largest absolute Gasteiger partial charge is 0.393 e. The standard InChI is InChI=1S/C19H20ClFN6O/c1-10-23-16-9-22-19(26-11-2-5-13(28)6-3-11)27-17(16)18(24-10)25-12-4-7-15(21)14(20)8-12/h4,7-9,11,13,28H,2-3,5-6H2,1H3,(H,22,26,27)(H,23,24,25). The van der Waals surface area contributed by atoms with E-state index in [-0.39, 0.29) is 17.2 Å². The van der Waals surface area contributed by atoms with Gasteiger partial charge in [0.15, 0.2) is 5.82 Å². The summed E-state index contributed by atoms with van der Waals surface area (Å²) in [6, 6.07) is 4.59. The summed E-state index contributed by atoms with van der Waals surface area (Å²) in [5.74, 6) is 1.06. The van der Waals surface area contributed by atoms with Crippen LogP contribution in [-0.4, -0.2) is 37.2 Å². The van der Waals surface area contributed by atoms with Crippen molar-refractivity contribution in [2.24, 2.45) is 0 Å². The van der Waals surface area contributed by atoms with Gasteiger partial charge >= 0.3 is 0 Å². The van der Waals surface area contributed by atoms with Crippen LogP contribution >= 0.6 is 11.6 Å². The zero-order valence-electron chi connectivity index (χ0n) is 15.3. The first-order valence-corrected chi connectivity index (χ1v) is 9.54. The van der Waals surface area contributed by atoms with Crippen molar-refractivity contribution in [2.75, 3.05) is 10.6 Å². The lowest BCUT2D eigenvalue weighted by Crippen LogP contribution is -2.28. The molecule has 0 saturated heterocycles. The highest BCUT2D eigenvalue weighted by Gasteiger charge is 2.20. The first-order chi connectivity index (χ1) is 13.5. The van der Waals surface area contributed by atoms with Crippen molar-refractivity contribution < 1.29 is 9.50 Å². The highest BCUT2D eigenvalue weighted by atomic mass is 35.5. The van der Waals surface area contributed by atoms with Crippen LogP contribution in [0.3, 0.4) is 0 Å². The molecule has 28 heavy (non-hydrogen) atoms. The normalized spacial score (nSPS) is 19.6. The maximum Gasteiger partial charge on any atom is 0.223 e. The number of hydrogen-bond donors (Lipinski definition) is 3. The first-order valence-electron chi connectivity index (χ1n) is 9.16. The Hall–Kier alpha value is -2.58. The molecule has 1 aromatic carbocycles. The average molecular weight is 403 g/mol. The van der Waals surface area contributed by atoms with Gasteiger partial charge in [0.2, 0.25) is 5.95 Å². The first kappa shape index (κ1) is 18.8. The van der Waals surface area contributed by atoms with E-state index in [0.717, 1.165) is 25.7 Å². The van der Waals surface area contributed by atoms with Gasteiger partial charge in [0.25, 0.3) is 0 Å². The van der Waals surface area contributed by atoms with Gasteiger partial charge in [-0.2, -0.15) is 0 Å². The average Bonchev–Trinajstić information content (AvgIpc) is 2.67. The third-order valence-corrected chi connectivity index (χ3v) is 5.05. The minimum absolute atomic E-state index is 0.0246. The van der Waals surface area contributed by atoms with Crippen molar-refractivity contribution in [3.8, 4) is 0 Å². The molecule has 0 radical (unpaired) electrons. The van der Waals surface area contributed by atoms with Crippen molar-refractivity contribution in [2.45, 2.75) is 44.8 Å². The number of benzene rings is 1. The second-order valence-electron chi connectivity index (χ2n) is 6.95. The summed E-state index contributed by atoms with van der Waals surface area (Å²) in [5, 5.41) is 16.1. The van der Waals surface area contributed by atoms with Gasteiger partial charge in [-0.25, -0.2) is 24.3 Å². The van der Waals surface area contributed by atoms with Crippen LogP contribution in [-0.2, 0) is 0 Å². The van der Waals surface area contributed by atoms with Crippen molar-refractivity contribution in [1.82, 2.24) is 19.9 Å². The zero-order valence-corrected chi connectivity index (χ0v) is 16.0. The highest BCUT2D eigenvalue weighted by molar-refractivity contribution is 6.31. The molecule has 146 valence electrons. The van der Waals surface area contributed by atoms with Gasteiger partial charge < -0.3 is 15.7 Å². The van der Waals surface area contributed by atoms with E-state index in [4.69, 9.17) is 11.6 Å². The molecule has 1 saturated carbocycles. The van der Waals surface area contributed by atoms with Crippen LogP contribution in [0.1, 0.15) is 31.5 Å². The quantitative estimate of drug-likeness (QED) is 0.607. The van der Waals surface area contributed by atoms with Gasteiger partial charge in [-0.05, 0) is 50.8 Å². The predicted molar refractivity (Wildman–Crippen MR) is 106 cm³/mol. The van der Waals surface area contributed by atoms with E-state index in [1.165, 1.54) is 12.1 Å². The fraction of sp³-hybridized carbons (Fsp3) is 0.368. The topological polar surface area (TPSA) is 95.9 Å². The molecule has 0 spiro atoms. The number of fused-ring (bicyclic) bond motifs is 1. The Balaban J connectivity index is 1.64. The summed E-state index contributed by atoms with van der Waals surface area (Å²) >= 11 is 5.87. The van der Waals surface area contributed by atoms with Gasteiger partial charge in [0, 0.05) is 11.7 Å². The lowest BCUT2D eigenvalue weighted by atomic mass is 9.93. The van der Waals surface area contributed by atoms with Gasteiger partial charge in [-0.1, -0.05) is 11.6 Å². The summed E-state index contributed by atoms with van der Waals surface area (Å²) in [4.78, 5) is 17.8. The third-order valence-electron chi connectivity index (χ3n) is 4.76. The van der Waals surface area contributed by atoms with Crippen LogP contribution in [0.4, 0.5) is 21.8 Å². The third kappa shape index (κ3) is 4.13. The Morgan fingerprint density at radius 2 is 1.93 bits per heavy atom. The molecule has 3 N–H and O–H groups in total. The Morgan fingerprint density at radius 3 is 2.68 bits per heavy atom. The molecule has 0 bridgehead atoms. The molecular formula is C19H20ClFN6O. The fourth-order valence-corrected chi connectivity index (χ4v) is 3.50. The molecule has 4 rings (SSSR count). The Bertz CT molecular complexity index is 1010. The van der Waals surface area contributed by atoms with Crippen LogP contribution in [0.15, 0.2) is 24.4 Å². The number of aliphatic hydroxyl groups is 1. The summed E-state index contributed by atoms with van der Waals surface area (Å²) in [6.45, 7) is 1.78. The van der Waals surface area contributed by atoms with E-state index < -0.39 is 5.82 Å². The molecule has 3 aromatic rings. The lowest BCUT2D eigenvalue weighted by molar-refractivity contribution is 0.126. The molecule has 2 heterocycles. The number of aryl methyl sites for hydroxylation is 1. The van der Waals surface area contributed by atoms with Crippen LogP contribution in [0, 0.1) is 12.7 Å². The van der Waals surface area contributed by atoms with Crippen molar-refractivity contribution in [1.29, 1.82) is 0 Å². The summed E-state index contributed by atoms with van der Waals surface area (Å²) in [7, 11) is 0. The van der Waals surface area contributed by atoms with E-state index >= 15 is 0 Å². The molecule has 1 aliphatic rings. The van der Waals surface area contributed by atoms with Crippen molar-refractivity contribution >= 4 is 40.1 Å². The maximum absolute atomic E-state index is 13.4. The van der Waals surface area contributed by atoms with E-state index in [9.17, 15) is 9.50 Å². The molecule has 0 amide bonds. The van der Waals surface area contributed by atoms with Crippen molar-refractivity contribution in [3.05, 3.63) is 41.1 Å². The highest BCUT2D eigenvalue weighted by Crippen LogP contribution is 2.27. The molecule has 0 unspecified atom stereocenters. The fourth-order valence-electron chi connectivity index (χ4n) is 3.32. The van der Waals surface area contributed by atoms with Crippen molar-refractivity contribution in [3.63, 3.8) is 0 Å². The molecule has 2 aromatic heterocycles. The summed E-state index contributed by atoms with van der Waals surface area (Å²) in [6.07, 6.45) is 4.71. The van der Waals surface area contributed by atoms with Crippen LogP contribution in [0.25, 0.3) is 11.0 Å². The molecule has 0 aliphatic heterocycles. The minimum Gasteiger partial charge on any atom is -0.393 e. The maximum atomic E-state index is 13.4. The number of halogens is 2. The van der Waals surface area contributed by atoms with Crippen LogP contribution in [0.2, 0.25) is 5.02 Å². The van der Waals surface area contributed by atoms with Gasteiger partial charge in [-0.15, -0.1) is 0 Å². The lowest BCUT2D eigenvalue weighted by Gasteiger charge is -2.26. The Morgan fingerprint density at radius 1 is 1.14 bits per heavy atom. The predicted octanol–water partition coefficient (Wildman–Crippen LogP) is 3.98.